The minimum absolute atomic E-state index is 0.00430. The van der Waals surface area contributed by atoms with Crippen molar-refractivity contribution in [3.05, 3.63) is 93.5 Å². The second-order valence-electron chi connectivity index (χ2n) is 13.3. The third-order valence-electron chi connectivity index (χ3n) is 10.9. The molecule has 2 heterocycles. The van der Waals surface area contributed by atoms with E-state index in [1.54, 1.807) is 61.5 Å². The molecule has 2 aliphatic carbocycles. The Bertz CT molecular complexity index is 2040. The summed E-state index contributed by atoms with van der Waals surface area (Å²) in [4.78, 5) is 70.3. The first-order valence-electron chi connectivity index (χ1n) is 16.9. The van der Waals surface area contributed by atoms with Gasteiger partial charge in [-0.05, 0) is 67.6 Å². The number of allylic oxidation sites excluding steroid dienone is 2. The van der Waals surface area contributed by atoms with Crippen LogP contribution in [0.2, 0.25) is 10.0 Å². The first-order chi connectivity index (χ1) is 24.9. The number of hydrogen-bond acceptors (Lipinski definition) is 9. The number of carbonyl (C=O) groups is 5. The maximum atomic E-state index is 15.4. The van der Waals surface area contributed by atoms with E-state index >= 15 is 4.79 Å². The number of methoxy groups -OCH3 is 1. The molecule has 2 saturated heterocycles. The molecule has 3 aromatic rings. The van der Waals surface area contributed by atoms with Gasteiger partial charge in [0.1, 0.15) is 5.75 Å². The lowest BCUT2D eigenvalue weighted by Crippen LogP contribution is -2.53. The molecule has 4 amide bonds. The number of hydrogen-bond donors (Lipinski definition) is 3. The average molecular weight is 749 g/mol. The third kappa shape index (κ3) is 5.38. The van der Waals surface area contributed by atoms with E-state index in [1.165, 1.54) is 13.2 Å². The zero-order valence-corrected chi connectivity index (χ0v) is 29.7. The summed E-state index contributed by atoms with van der Waals surface area (Å²) in [6.45, 7) is 1.73. The van der Waals surface area contributed by atoms with Gasteiger partial charge in [-0.15, -0.1) is 0 Å². The molecule has 270 valence electrons. The number of hydrazine groups is 1. The van der Waals surface area contributed by atoms with Crippen LogP contribution in [0.25, 0.3) is 0 Å². The molecule has 0 spiro atoms. The Kier molecular flexibility index (Phi) is 9.16. The van der Waals surface area contributed by atoms with E-state index in [4.69, 9.17) is 32.7 Å². The lowest BCUT2D eigenvalue weighted by atomic mass is 9.49. The maximum Gasteiger partial charge on any atom is 0.305 e. The fraction of sp³-hybridized carbons (Fsp3) is 0.342. The van der Waals surface area contributed by atoms with E-state index in [1.807, 2.05) is 6.08 Å². The zero-order valence-electron chi connectivity index (χ0n) is 28.2. The fourth-order valence-electron chi connectivity index (χ4n) is 8.73. The maximum absolute atomic E-state index is 15.4. The van der Waals surface area contributed by atoms with Gasteiger partial charge in [0, 0.05) is 23.0 Å². The number of para-hydroxylation sites is 1. The summed E-state index contributed by atoms with van der Waals surface area (Å²) < 4.78 is 11.2. The van der Waals surface area contributed by atoms with Crippen LogP contribution in [-0.2, 0) is 29.4 Å². The van der Waals surface area contributed by atoms with Gasteiger partial charge in [0.05, 0.1) is 54.0 Å². The van der Waals surface area contributed by atoms with Crippen molar-refractivity contribution in [2.24, 2.45) is 23.7 Å². The SMILES string of the molecule is CCOc1cccc([C@H]2C3=CC[C@@H]4C(=O)N(CCC(=O)O)C(=O)[C@@H]4[C@@H]3C[C@H]3C(=O)N(Nc4ccc(Cl)cc4Cl)C(=O)[C@@]23c2ccc(OC)cc2)c1O. The Morgan fingerprint density at radius 1 is 1.00 bits per heavy atom. The summed E-state index contributed by atoms with van der Waals surface area (Å²) >= 11 is 12.6. The average Bonchev–Trinajstić information content (AvgIpc) is 3.50. The van der Waals surface area contributed by atoms with Crippen LogP contribution >= 0.6 is 23.2 Å². The molecule has 12 nitrogen and oxygen atoms in total. The summed E-state index contributed by atoms with van der Waals surface area (Å²) in [5.74, 6) is -7.43. The number of aromatic hydroxyl groups is 1. The minimum atomic E-state index is -1.68. The number of carbonyl (C=O) groups excluding carboxylic acids is 4. The molecule has 0 radical (unpaired) electrons. The molecule has 52 heavy (non-hydrogen) atoms. The second kappa shape index (κ2) is 13.5. The quantitative estimate of drug-likeness (QED) is 0.177. The number of carboxylic acid groups (broad SMARTS) is 1. The monoisotopic (exact) mass is 747 g/mol. The van der Waals surface area contributed by atoms with Gasteiger partial charge in [-0.2, -0.15) is 5.01 Å². The van der Waals surface area contributed by atoms with Gasteiger partial charge in [0.2, 0.25) is 11.8 Å². The van der Waals surface area contributed by atoms with Crippen LogP contribution in [0.4, 0.5) is 5.69 Å². The van der Waals surface area contributed by atoms with Crippen LogP contribution < -0.4 is 14.9 Å². The fourth-order valence-corrected chi connectivity index (χ4v) is 9.18. The van der Waals surface area contributed by atoms with Gasteiger partial charge in [0.25, 0.3) is 11.8 Å². The molecule has 0 bridgehead atoms. The van der Waals surface area contributed by atoms with Crippen molar-refractivity contribution in [2.75, 3.05) is 25.7 Å². The Labute approximate surface area is 308 Å². The van der Waals surface area contributed by atoms with Crippen molar-refractivity contribution in [2.45, 2.75) is 37.5 Å². The normalized spacial score (nSPS) is 26.5. The number of fused-ring (bicyclic) bond motifs is 4. The smallest absolute Gasteiger partial charge is 0.305 e. The molecule has 3 N–H and O–H groups in total. The number of ether oxygens (including phenoxy) is 2. The van der Waals surface area contributed by atoms with Gasteiger partial charge in [0.15, 0.2) is 11.5 Å². The lowest BCUT2D eigenvalue weighted by Gasteiger charge is -2.50. The highest BCUT2D eigenvalue weighted by atomic mass is 35.5. The number of benzene rings is 3. The van der Waals surface area contributed by atoms with Crippen molar-refractivity contribution < 1.29 is 43.7 Å². The largest absolute Gasteiger partial charge is 0.504 e. The molecule has 0 aromatic heterocycles. The lowest BCUT2D eigenvalue weighted by molar-refractivity contribution is -0.143. The van der Waals surface area contributed by atoms with Crippen LogP contribution in [0, 0.1) is 23.7 Å². The molecule has 7 rings (SSSR count). The topological polar surface area (TPSA) is 163 Å². The molecular formula is C38H35Cl2N3O9. The number of imide groups is 2. The molecule has 14 heteroatoms. The number of amides is 4. The van der Waals surface area contributed by atoms with E-state index in [-0.39, 0.29) is 48.2 Å². The summed E-state index contributed by atoms with van der Waals surface area (Å²) in [6, 6.07) is 16.4. The predicted molar refractivity (Wildman–Crippen MR) is 189 cm³/mol. The molecule has 6 atom stereocenters. The molecule has 1 saturated carbocycles. The van der Waals surface area contributed by atoms with E-state index in [0.29, 0.717) is 27.5 Å². The van der Waals surface area contributed by atoms with E-state index in [9.17, 15) is 29.4 Å². The summed E-state index contributed by atoms with van der Waals surface area (Å²) in [7, 11) is 1.51. The van der Waals surface area contributed by atoms with Crippen molar-refractivity contribution in [3.8, 4) is 17.2 Å². The first kappa shape index (κ1) is 35.3. The number of rotatable bonds is 10. The van der Waals surface area contributed by atoms with E-state index in [2.05, 4.69) is 5.43 Å². The van der Waals surface area contributed by atoms with Crippen LogP contribution in [0.5, 0.6) is 17.2 Å². The number of phenols is 1. The number of nitrogens with one attached hydrogen (secondary N) is 1. The summed E-state index contributed by atoms with van der Waals surface area (Å²) in [6.07, 6.45) is 1.58. The molecule has 0 unspecified atom stereocenters. The Morgan fingerprint density at radius 3 is 2.42 bits per heavy atom. The van der Waals surface area contributed by atoms with Gasteiger partial charge >= 0.3 is 5.97 Å². The molecule has 2 aliphatic heterocycles. The van der Waals surface area contributed by atoms with Crippen LogP contribution in [0.3, 0.4) is 0 Å². The van der Waals surface area contributed by atoms with Crippen molar-refractivity contribution in [3.63, 3.8) is 0 Å². The van der Waals surface area contributed by atoms with Gasteiger partial charge in [-0.25, -0.2) is 0 Å². The van der Waals surface area contributed by atoms with E-state index in [0.717, 1.165) is 9.91 Å². The number of halogens is 2. The zero-order chi connectivity index (χ0) is 37.1. The van der Waals surface area contributed by atoms with Crippen LogP contribution in [-0.4, -0.2) is 70.0 Å². The number of aliphatic carboxylic acids is 1. The highest BCUT2D eigenvalue weighted by Gasteiger charge is 2.70. The van der Waals surface area contributed by atoms with Gasteiger partial charge < -0.3 is 19.7 Å². The predicted octanol–water partition coefficient (Wildman–Crippen LogP) is 5.57. The second-order valence-corrected chi connectivity index (χ2v) is 14.2. The number of carboxylic acids is 1. The van der Waals surface area contributed by atoms with Crippen LogP contribution in [0.1, 0.15) is 43.2 Å². The standard InChI is InChI=1S/C38H35Cl2N3O9/c1-3-52-29-6-4-5-24(33(29)46)32-22-12-13-23-31(36(49)42(34(23)47)16-15-30(44)45)25(22)18-26-35(48)43(41-28-14-9-20(39)17-27(28)40)37(50)38(26,32)19-7-10-21(51-2)11-8-19/h4-12,14,17,23,25-26,31-32,41,46H,3,13,15-16,18H2,1-2H3,(H,44,45)/t23-,25+,26-,31-,32+,38+/m0/s1. The van der Waals surface area contributed by atoms with E-state index < -0.39 is 71.0 Å². The Morgan fingerprint density at radius 2 is 1.75 bits per heavy atom. The summed E-state index contributed by atoms with van der Waals surface area (Å²) in [5, 5.41) is 22.7. The van der Waals surface area contributed by atoms with Crippen molar-refractivity contribution in [1.29, 1.82) is 0 Å². The molecule has 4 aliphatic rings. The Hall–Kier alpha value is -5.07. The van der Waals surface area contributed by atoms with Crippen molar-refractivity contribution in [1.82, 2.24) is 9.91 Å². The van der Waals surface area contributed by atoms with Crippen molar-refractivity contribution >= 4 is 58.5 Å². The minimum Gasteiger partial charge on any atom is -0.504 e. The highest BCUT2D eigenvalue weighted by molar-refractivity contribution is 6.36. The van der Waals surface area contributed by atoms with Crippen LogP contribution in [0.15, 0.2) is 72.3 Å². The number of phenolic OH excluding ortho intramolecular Hbond substituents is 1. The number of anilines is 1. The molecular weight excluding hydrogens is 713 g/mol. The molecule has 3 fully saturated rings. The van der Waals surface area contributed by atoms with Gasteiger partial charge in [-0.1, -0.05) is 59.1 Å². The molecule has 3 aromatic carbocycles. The summed E-state index contributed by atoms with van der Waals surface area (Å²) in [5.41, 5.74) is 2.88. The number of likely N-dealkylation sites (tertiary alicyclic amines) is 1. The highest BCUT2D eigenvalue weighted by Crippen LogP contribution is 2.65. The third-order valence-corrected chi connectivity index (χ3v) is 11.4. The van der Waals surface area contributed by atoms with Gasteiger partial charge in [-0.3, -0.25) is 34.3 Å². The number of nitrogens with zero attached hydrogens (tertiary/aromatic N) is 2. The Balaban J connectivity index is 1.46. The first-order valence-corrected chi connectivity index (χ1v) is 17.7.